The fourth-order valence-corrected chi connectivity index (χ4v) is 4.13. The number of hydrogen-bond donors (Lipinski definition) is 1. The number of nitrogens with zero attached hydrogens (tertiary/aromatic N) is 2. The van der Waals surface area contributed by atoms with Gasteiger partial charge in [0.25, 0.3) is 0 Å². The van der Waals surface area contributed by atoms with Crippen molar-refractivity contribution in [3.8, 4) is 0 Å². The van der Waals surface area contributed by atoms with E-state index in [4.69, 9.17) is 0 Å². The number of aromatic amines is 1. The van der Waals surface area contributed by atoms with E-state index < -0.39 is 0 Å². The molecule has 3 heterocycles. The highest BCUT2D eigenvalue weighted by Crippen LogP contribution is 2.31. The third-order valence-electron chi connectivity index (χ3n) is 5.60. The Kier molecular flexibility index (Phi) is 4.20. The number of fused-ring (bicyclic) bond motifs is 3. The number of aromatic nitrogens is 2. The molecule has 3 heteroatoms. The molecule has 0 unspecified atom stereocenters. The van der Waals surface area contributed by atoms with Crippen LogP contribution in [0.2, 0.25) is 0 Å². The molecule has 0 bridgehead atoms. The molecule has 1 aliphatic heterocycles. The molecule has 0 atom stereocenters. The van der Waals surface area contributed by atoms with Crippen LogP contribution in [0, 0.1) is 6.92 Å². The first kappa shape index (κ1) is 16.5. The summed E-state index contributed by atoms with van der Waals surface area (Å²) in [6.45, 7) is 9.96. The lowest BCUT2D eigenvalue weighted by Crippen LogP contribution is -2.27. The fraction of sp³-hybridized carbons (Fsp3) is 0.455. The van der Waals surface area contributed by atoms with E-state index in [1.54, 1.807) is 11.3 Å². The van der Waals surface area contributed by atoms with Gasteiger partial charge in [0.05, 0.1) is 0 Å². The Hall–Kier alpha value is -2.00. The van der Waals surface area contributed by atoms with Gasteiger partial charge in [0.1, 0.15) is 0 Å². The number of nitrogens with one attached hydrogen (secondary N) is 1. The number of benzene rings is 1. The highest BCUT2D eigenvalue weighted by atomic mass is 15.1. The summed E-state index contributed by atoms with van der Waals surface area (Å²) in [6.07, 6.45) is 2.22. The van der Waals surface area contributed by atoms with Crippen molar-refractivity contribution in [1.82, 2.24) is 14.5 Å². The molecule has 0 amide bonds. The highest BCUT2D eigenvalue weighted by molar-refractivity contribution is 5.86. The van der Waals surface area contributed by atoms with Crippen LogP contribution in [0.25, 0.3) is 10.9 Å². The van der Waals surface area contributed by atoms with E-state index in [0.29, 0.717) is 5.92 Å². The Labute approximate surface area is 150 Å². The number of rotatable bonds is 4. The first-order valence-corrected chi connectivity index (χ1v) is 9.50. The van der Waals surface area contributed by atoms with Crippen LogP contribution in [0.4, 0.5) is 0 Å². The Morgan fingerprint density at radius 2 is 2.00 bits per heavy atom. The van der Waals surface area contributed by atoms with E-state index in [0.717, 1.165) is 32.5 Å². The molecule has 1 aliphatic rings. The van der Waals surface area contributed by atoms with Crippen molar-refractivity contribution < 1.29 is 0 Å². The van der Waals surface area contributed by atoms with Gasteiger partial charge in [-0.3, -0.25) is 0 Å². The zero-order chi connectivity index (χ0) is 17.6. The minimum Gasteiger partial charge on any atom is -0.362 e. The molecule has 3 aromatic rings. The maximum Gasteiger partial charge on any atom is 0.0486 e. The predicted octanol–water partition coefficient (Wildman–Crippen LogP) is 4.63. The minimum absolute atomic E-state index is 0.562. The lowest BCUT2D eigenvalue weighted by atomic mass is 10.0. The van der Waals surface area contributed by atoms with Crippen LogP contribution in [-0.2, 0) is 25.9 Å². The van der Waals surface area contributed by atoms with Crippen LogP contribution in [-0.4, -0.2) is 28.0 Å². The molecule has 0 aliphatic carbocycles. The maximum atomic E-state index is 3.60. The largest absolute Gasteiger partial charge is 0.362 e. The van der Waals surface area contributed by atoms with Crippen LogP contribution in [0.5, 0.6) is 0 Å². The summed E-state index contributed by atoms with van der Waals surface area (Å²) in [6, 6.07) is 11.4. The Bertz CT molecular complexity index is 898. The minimum atomic E-state index is 0.562. The van der Waals surface area contributed by atoms with E-state index in [-0.39, 0.29) is 0 Å². The van der Waals surface area contributed by atoms with Crippen molar-refractivity contribution in [1.29, 1.82) is 0 Å². The molecule has 132 valence electrons. The third-order valence-corrected chi connectivity index (χ3v) is 5.60. The average Bonchev–Trinajstić information content (AvgIpc) is 3.16. The SMILES string of the molecule is Cc1ccc2c(c1)c1c(n2CCc2ccc(C(C)C)[nH]2)CCN(C)C1. The first-order valence-electron chi connectivity index (χ1n) is 9.50. The topological polar surface area (TPSA) is 24.0 Å². The van der Waals surface area contributed by atoms with Gasteiger partial charge in [0.15, 0.2) is 0 Å². The van der Waals surface area contributed by atoms with Crippen LogP contribution in [0.15, 0.2) is 30.3 Å². The molecule has 25 heavy (non-hydrogen) atoms. The van der Waals surface area contributed by atoms with Crippen molar-refractivity contribution in [2.45, 2.75) is 52.6 Å². The normalized spacial score (nSPS) is 15.2. The second-order valence-electron chi connectivity index (χ2n) is 7.93. The molecule has 4 rings (SSSR count). The van der Waals surface area contributed by atoms with Crippen LogP contribution in [0.3, 0.4) is 0 Å². The van der Waals surface area contributed by atoms with Crippen LogP contribution >= 0.6 is 0 Å². The third kappa shape index (κ3) is 3.02. The number of hydrogen-bond acceptors (Lipinski definition) is 1. The van der Waals surface area contributed by atoms with E-state index in [2.05, 4.69) is 72.6 Å². The standard InChI is InChI=1S/C22H29N3/c1-15(2)20-7-6-17(23-20)9-12-25-21-8-5-16(3)13-18(21)19-14-24(4)11-10-22(19)25/h5-8,13,15,23H,9-12,14H2,1-4H3. The van der Waals surface area contributed by atoms with Gasteiger partial charge in [-0.15, -0.1) is 0 Å². The van der Waals surface area contributed by atoms with Crippen molar-refractivity contribution >= 4 is 10.9 Å². The van der Waals surface area contributed by atoms with Gasteiger partial charge < -0.3 is 14.5 Å². The van der Waals surface area contributed by atoms with Gasteiger partial charge in [-0.2, -0.15) is 0 Å². The number of H-pyrrole nitrogens is 1. The van der Waals surface area contributed by atoms with Crippen molar-refractivity contribution in [3.05, 3.63) is 58.5 Å². The average molecular weight is 335 g/mol. The van der Waals surface area contributed by atoms with Gasteiger partial charge in [0, 0.05) is 60.5 Å². The van der Waals surface area contributed by atoms with Crippen molar-refractivity contribution in [2.24, 2.45) is 0 Å². The summed E-state index contributed by atoms with van der Waals surface area (Å²) >= 11 is 0. The fourth-order valence-electron chi connectivity index (χ4n) is 4.13. The van der Waals surface area contributed by atoms with Gasteiger partial charge in [0.2, 0.25) is 0 Å². The first-order chi connectivity index (χ1) is 12.0. The molecule has 1 aromatic carbocycles. The second-order valence-corrected chi connectivity index (χ2v) is 7.93. The van der Waals surface area contributed by atoms with E-state index in [1.165, 1.54) is 27.9 Å². The van der Waals surface area contributed by atoms with Crippen LogP contribution in [0.1, 0.15) is 48.0 Å². The summed E-state index contributed by atoms with van der Waals surface area (Å²) in [4.78, 5) is 6.04. The van der Waals surface area contributed by atoms with E-state index in [9.17, 15) is 0 Å². The quantitative estimate of drug-likeness (QED) is 0.738. The molecule has 0 spiro atoms. The molecule has 0 saturated heterocycles. The van der Waals surface area contributed by atoms with Crippen molar-refractivity contribution in [2.75, 3.05) is 13.6 Å². The van der Waals surface area contributed by atoms with Crippen LogP contribution < -0.4 is 0 Å². The monoisotopic (exact) mass is 335 g/mol. The molecule has 0 radical (unpaired) electrons. The second kappa shape index (κ2) is 6.38. The molecule has 1 N–H and O–H groups in total. The molecule has 0 saturated carbocycles. The lowest BCUT2D eigenvalue weighted by Gasteiger charge is -2.24. The smallest absolute Gasteiger partial charge is 0.0486 e. The van der Waals surface area contributed by atoms with Crippen molar-refractivity contribution in [3.63, 3.8) is 0 Å². The molecule has 3 nitrogen and oxygen atoms in total. The number of likely N-dealkylation sites (N-methyl/N-ethyl adjacent to an activating group) is 1. The van der Waals surface area contributed by atoms with Gasteiger partial charge in [-0.1, -0.05) is 25.5 Å². The summed E-state index contributed by atoms with van der Waals surface area (Å²) in [7, 11) is 2.23. The van der Waals surface area contributed by atoms with E-state index in [1.807, 2.05) is 0 Å². The van der Waals surface area contributed by atoms with Gasteiger partial charge >= 0.3 is 0 Å². The maximum absolute atomic E-state index is 3.60. The van der Waals surface area contributed by atoms with Gasteiger partial charge in [-0.05, 0) is 49.7 Å². The molecule has 0 fully saturated rings. The summed E-state index contributed by atoms with van der Waals surface area (Å²) in [5, 5.41) is 1.45. The summed E-state index contributed by atoms with van der Waals surface area (Å²) in [5.41, 5.74) is 8.54. The molecular formula is C22H29N3. The zero-order valence-corrected chi connectivity index (χ0v) is 15.9. The predicted molar refractivity (Wildman–Crippen MR) is 105 cm³/mol. The van der Waals surface area contributed by atoms with Gasteiger partial charge in [-0.25, -0.2) is 0 Å². The number of aryl methyl sites for hydroxylation is 3. The molecule has 2 aromatic heterocycles. The Morgan fingerprint density at radius 1 is 1.16 bits per heavy atom. The Balaban J connectivity index is 1.69. The highest BCUT2D eigenvalue weighted by Gasteiger charge is 2.22. The van der Waals surface area contributed by atoms with E-state index >= 15 is 0 Å². The lowest BCUT2D eigenvalue weighted by molar-refractivity contribution is 0.309. The Morgan fingerprint density at radius 3 is 2.76 bits per heavy atom. The summed E-state index contributed by atoms with van der Waals surface area (Å²) < 4.78 is 2.58. The zero-order valence-electron chi connectivity index (χ0n) is 15.9. The molecular weight excluding hydrogens is 306 g/mol. The summed E-state index contributed by atoms with van der Waals surface area (Å²) in [5.74, 6) is 0.562.